The molecule has 1 heterocycles. The smallest absolute Gasteiger partial charge is 0.0172 e. The fourth-order valence-corrected chi connectivity index (χ4v) is 4.30. The molecule has 0 bridgehead atoms. The zero-order valence-electron chi connectivity index (χ0n) is 11.0. The summed E-state index contributed by atoms with van der Waals surface area (Å²) in [5.74, 6) is 2.19. The Kier molecular flexibility index (Phi) is 4.27. The minimum Gasteiger partial charge on any atom is -0.313 e. The van der Waals surface area contributed by atoms with Crippen LogP contribution in [0.3, 0.4) is 0 Å². The van der Waals surface area contributed by atoms with Crippen LogP contribution in [0.15, 0.2) is 30.3 Å². The summed E-state index contributed by atoms with van der Waals surface area (Å²) < 4.78 is 0. The summed E-state index contributed by atoms with van der Waals surface area (Å²) in [6.07, 6.45) is 6.96. The Bertz CT molecular complexity index is 353. The molecule has 1 saturated heterocycles. The molecule has 0 aromatic heterocycles. The first-order valence-corrected chi connectivity index (χ1v) is 8.36. The molecule has 1 saturated carbocycles. The molecule has 0 spiro atoms. The van der Waals surface area contributed by atoms with Crippen molar-refractivity contribution in [3.05, 3.63) is 35.9 Å². The van der Waals surface area contributed by atoms with E-state index in [9.17, 15) is 0 Å². The van der Waals surface area contributed by atoms with Crippen LogP contribution in [0.25, 0.3) is 0 Å². The molecular formula is C16H23NS. The van der Waals surface area contributed by atoms with Gasteiger partial charge in [0.15, 0.2) is 0 Å². The normalized spacial score (nSPS) is 31.9. The Labute approximate surface area is 115 Å². The average molecular weight is 261 g/mol. The van der Waals surface area contributed by atoms with Crippen molar-refractivity contribution in [3.63, 3.8) is 0 Å². The van der Waals surface area contributed by atoms with E-state index in [2.05, 4.69) is 47.4 Å². The van der Waals surface area contributed by atoms with Gasteiger partial charge in [0.25, 0.3) is 0 Å². The number of hydrogen-bond donors (Lipinski definition) is 1. The molecule has 3 rings (SSSR count). The molecule has 98 valence electrons. The summed E-state index contributed by atoms with van der Waals surface area (Å²) in [4.78, 5) is 0. The highest BCUT2D eigenvalue weighted by molar-refractivity contribution is 7.99. The van der Waals surface area contributed by atoms with Gasteiger partial charge in [0.1, 0.15) is 0 Å². The van der Waals surface area contributed by atoms with Crippen molar-refractivity contribution >= 4 is 11.8 Å². The van der Waals surface area contributed by atoms with Crippen LogP contribution in [-0.2, 0) is 0 Å². The largest absolute Gasteiger partial charge is 0.313 e. The van der Waals surface area contributed by atoms with Crippen LogP contribution in [0.1, 0.15) is 43.6 Å². The monoisotopic (exact) mass is 261 g/mol. The van der Waals surface area contributed by atoms with Gasteiger partial charge in [0, 0.05) is 17.8 Å². The molecular weight excluding hydrogens is 238 g/mol. The third kappa shape index (κ3) is 3.10. The third-order valence-electron chi connectivity index (χ3n) is 4.32. The maximum absolute atomic E-state index is 3.77. The summed E-state index contributed by atoms with van der Waals surface area (Å²) >= 11 is 2.17. The lowest BCUT2D eigenvalue weighted by Crippen LogP contribution is -2.43. The van der Waals surface area contributed by atoms with Gasteiger partial charge in [-0.15, -0.1) is 0 Å². The molecule has 1 nitrogen and oxygen atoms in total. The van der Waals surface area contributed by atoms with Gasteiger partial charge in [0.05, 0.1) is 0 Å². The van der Waals surface area contributed by atoms with E-state index in [4.69, 9.17) is 0 Å². The van der Waals surface area contributed by atoms with Crippen molar-refractivity contribution in [1.82, 2.24) is 5.32 Å². The van der Waals surface area contributed by atoms with E-state index in [1.807, 2.05) is 0 Å². The van der Waals surface area contributed by atoms with E-state index in [1.54, 1.807) is 0 Å². The lowest BCUT2D eigenvalue weighted by Gasteiger charge is -2.37. The number of benzene rings is 1. The highest BCUT2D eigenvalue weighted by Crippen LogP contribution is 2.37. The molecule has 1 aromatic rings. The Morgan fingerprint density at radius 2 is 1.94 bits per heavy atom. The summed E-state index contributed by atoms with van der Waals surface area (Å²) in [7, 11) is 0. The highest BCUT2D eigenvalue weighted by Gasteiger charge is 2.30. The van der Waals surface area contributed by atoms with E-state index in [0.717, 1.165) is 17.2 Å². The molecule has 0 radical (unpaired) electrons. The third-order valence-corrected chi connectivity index (χ3v) is 5.72. The standard InChI is InChI=1S/C16H23NS/c1-2-6-13(7-3-1)14-10-15(11-14)17-12-16-8-4-5-9-18-16/h1-3,6-7,14-17H,4-5,8-12H2. The molecule has 18 heavy (non-hydrogen) atoms. The molecule has 1 unspecified atom stereocenters. The molecule has 1 aromatic carbocycles. The first-order valence-electron chi connectivity index (χ1n) is 7.32. The lowest BCUT2D eigenvalue weighted by molar-refractivity contribution is 0.290. The Morgan fingerprint density at radius 1 is 1.11 bits per heavy atom. The second-order valence-corrected chi connectivity index (χ2v) is 7.08. The van der Waals surface area contributed by atoms with Gasteiger partial charge in [-0.05, 0) is 42.9 Å². The summed E-state index contributed by atoms with van der Waals surface area (Å²) in [5, 5.41) is 4.65. The topological polar surface area (TPSA) is 12.0 Å². The number of hydrogen-bond acceptors (Lipinski definition) is 2. The van der Waals surface area contributed by atoms with Crippen LogP contribution in [-0.4, -0.2) is 23.6 Å². The summed E-state index contributed by atoms with van der Waals surface area (Å²) in [6, 6.07) is 11.8. The average Bonchev–Trinajstić information content (AvgIpc) is 2.39. The van der Waals surface area contributed by atoms with E-state index >= 15 is 0 Å². The van der Waals surface area contributed by atoms with Crippen molar-refractivity contribution in [3.8, 4) is 0 Å². The van der Waals surface area contributed by atoms with Gasteiger partial charge in [0.2, 0.25) is 0 Å². The van der Waals surface area contributed by atoms with Gasteiger partial charge in [-0.25, -0.2) is 0 Å². The number of nitrogens with one attached hydrogen (secondary N) is 1. The molecule has 2 fully saturated rings. The Hall–Kier alpha value is -0.470. The van der Waals surface area contributed by atoms with Gasteiger partial charge < -0.3 is 5.32 Å². The van der Waals surface area contributed by atoms with Crippen LogP contribution >= 0.6 is 11.8 Å². The van der Waals surface area contributed by atoms with Gasteiger partial charge in [-0.1, -0.05) is 36.8 Å². The molecule has 1 aliphatic carbocycles. The van der Waals surface area contributed by atoms with Crippen LogP contribution in [0, 0.1) is 0 Å². The van der Waals surface area contributed by atoms with Crippen LogP contribution in [0.4, 0.5) is 0 Å². The zero-order chi connectivity index (χ0) is 12.2. The van der Waals surface area contributed by atoms with Gasteiger partial charge in [-0.3, -0.25) is 0 Å². The van der Waals surface area contributed by atoms with Gasteiger partial charge >= 0.3 is 0 Å². The second-order valence-electron chi connectivity index (χ2n) is 5.67. The van der Waals surface area contributed by atoms with E-state index in [0.29, 0.717) is 0 Å². The van der Waals surface area contributed by atoms with E-state index in [1.165, 1.54) is 50.0 Å². The Balaban J connectivity index is 1.37. The first-order chi connectivity index (χ1) is 8.92. The zero-order valence-corrected chi connectivity index (χ0v) is 11.8. The summed E-state index contributed by atoms with van der Waals surface area (Å²) in [6.45, 7) is 1.23. The van der Waals surface area contributed by atoms with Crippen molar-refractivity contribution in [2.24, 2.45) is 0 Å². The molecule has 0 amide bonds. The predicted octanol–water partition coefficient (Wildman–Crippen LogP) is 3.81. The maximum Gasteiger partial charge on any atom is 0.0172 e. The predicted molar refractivity (Wildman–Crippen MR) is 80.3 cm³/mol. The molecule has 1 N–H and O–H groups in total. The fourth-order valence-electron chi connectivity index (χ4n) is 3.05. The number of thioether (sulfide) groups is 1. The second kappa shape index (κ2) is 6.12. The fraction of sp³-hybridized carbons (Fsp3) is 0.625. The van der Waals surface area contributed by atoms with Crippen LogP contribution < -0.4 is 5.32 Å². The minimum absolute atomic E-state index is 0.776. The lowest BCUT2D eigenvalue weighted by atomic mass is 9.76. The van der Waals surface area contributed by atoms with Crippen molar-refractivity contribution in [2.75, 3.05) is 12.3 Å². The molecule has 1 atom stereocenters. The van der Waals surface area contributed by atoms with Crippen LogP contribution in [0.2, 0.25) is 0 Å². The first kappa shape index (κ1) is 12.6. The van der Waals surface area contributed by atoms with Crippen molar-refractivity contribution in [1.29, 1.82) is 0 Å². The number of rotatable bonds is 4. The molecule has 1 aliphatic heterocycles. The summed E-state index contributed by atoms with van der Waals surface area (Å²) in [5.41, 5.74) is 1.53. The maximum atomic E-state index is 3.77. The Morgan fingerprint density at radius 3 is 2.67 bits per heavy atom. The minimum atomic E-state index is 0.776. The van der Waals surface area contributed by atoms with Crippen molar-refractivity contribution in [2.45, 2.75) is 49.3 Å². The highest BCUT2D eigenvalue weighted by atomic mass is 32.2. The van der Waals surface area contributed by atoms with Crippen molar-refractivity contribution < 1.29 is 0 Å². The van der Waals surface area contributed by atoms with Crippen LogP contribution in [0.5, 0.6) is 0 Å². The van der Waals surface area contributed by atoms with E-state index < -0.39 is 0 Å². The molecule has 2 aliphatic rings. The quantitative estimate of drug-likeness (QED) is 0.884. The van der Waals surface area contributed by atoms with E-state index in [-0.39, 0.29) is 0 Å². The molecule has 2 heteroatoms. The SMILES string of the molecule is c1ccc(C2CC(NCC3CCCCS3)C2)cc1. The van der Waals surface area contributed by atoms with Gasteiger partial charge in [-0.2, -0.15) is 11.8 Å².